The molecule has 1 aliphatic carbocycles. The summed E-state index contributed by atoms with van der Waals surface area (Å²) in [6, 6.07) is 0. The van der Waals surface area contributed by atoms with Crippen LogP contribution >= 0.6 is 11.8 Å². The first-order chi connectivity index (χ1) is 10.3. The molecule has 3 aliphatic rings. The molecule has 2 heterocycles. The quantitative estimate of drug-likeness (QED) is 0.774. The van der Waals surface area contributed by atoms with Crippen LogP contribution < -0.4 is 0 Å². The number of halogens is 1. The van der Waals surface area contributed by atoms with E-state index in [4.69, 9.17) is 4.74 Å². The molecule has 3 fully saturated rings. The SMILES string of the molecule is CN(C)C(=O)CO[C@@H]1CSC2(C1)CN(C(=O)C1(F)CCC1)C2. The van der Waals surface area contributed by atoms with Gasteiger partial charge in [-0.1, -0.05) is 0 Å². The highest BCUT2D eigenvalue weighted by Gasteiger charge is 2.56. The van der Waals surface area contributed by atoms with Crippen molar-refractivity contribution >= 4 is 23.6 Å². The first kappa shape index (κ1) is 16.1. The minimum atomic E-state index is -1.58. The van der Waals surface area contributed by atoms with Crippen molar-refractivity contribution in [2.45, 2.75) is 42.2 Å². The summed E-state index contributed by atoms with van der Waals surface area (Å²) in [5.41, 5.74) is -1.58. The normalized spacial score (nSPS) is 28.1. The van der Waals surface area contributed by atoms with Crippen molar-refractivity contribution in [3.05, 3.63) is 0 Å². The molecule has 0 aromatic heterocycles. The molecule has 7 heteroatoms. The molecule has 0 bridgehead atoms. The first-order valence-electron chi connectivity index (χ1n) is 7.78. The average molecular weight is 330 g/mol. The van der Waals surface area contributed by atoms with Crippen molar-refractivity contribution in [1.29, 1.82) is 0 Å². The molecule has 1 saturated carbocycles. The van der Waals surface area contributed by atoms with Gasteiger partial charge in [-0.25, -0.2) is 4.39 Å². The molecular formula is C15H23FN2O3S. The highest BCUT2D eigenvalue weighted by Crippen LogP contribution is 2.48. The lowest BCUT2D eigenvalue weighted by atomic mass is 9.79. The van der Waals surface area contributed by atoms with E-state index in [1.54, 1.807) is 30.8 Å². The molecule has 0 N–H and O–H groups in total. The third-order valence-electron chi connectivity index (χ3n) is 4.89. The number of likely N-dealkylation sites (N-methyl/N-ethyl adjacent to an activating group) is 1. The number of nitrogens with zero attached hydrogens (tertiary/aromatic N) is 2. The highest BCUT2D eigenvalue weighted by atomic mass is 32.2. The van der Waals surface area contributed by atoms with Gasteiger partial charge in [-0.05, 0) is 25.7 Å². The zero-order valence-electron chi connectivity index (χ0n) is 13.1. The molecule has 3 rings (SSSR count). The van der Waals surface area contributed by atoms with Crippen LogP contribution in [0.5, 0.6) is 0 Å². The molecule has 1 atom stereocenters. The van der Waals surface area contributed by atoms with Crippen LogP contribution in [0.2, 0.25) is 0 Å². The van der Waals surface area contributed by atoms with Crippen LogP contribution in [0.4, 0.5) is 4.39 Å². The van der Waals surface area contributed by atoms with Crippen LogP contribution in [0.1, 0.15) is 25.7 Å². The standard InChI is InChI=1S/C15H23FN2O3S/c1-17(2)12(19)7-21-11-6-14(22-8-11)9-18(10-14)13(20)15(16)4-3-5-15/h11H,3-10H2,1-2H3/t11-/m0/s1. The van der Waals surface area contributed by atoms with Crippen molar-refractivity contribution in [3.63, 3.8) is 0 Å². The van der Waals surface area contributed by atoms with E-state index in [0.717, 1.165) is 18.6 Å². The van der Waals surface area contributed by atoms with Gasteiger partial charge in [0.15, 0.2) is 5.67 Å². The largest absolute Gasteiger partial charge is 0.367 e. The van der Waals surface area contributed by atoms with Crippen LogP contribution in [-0.2, 0) is 14.3 Å². The second-order valence-electron chi connectivity index (χ2n) is 6.90. The zero-order chi connectivity index (χ0) is 16.0. The number of amides is 2. The van der Waals surface area contributed by atoms with E-state index in [0.29, 0.717) is 25.9 Å². The fourth-order valence-corrected chi connectivity index (χ4v) is 4.78. The smallest absolute Gasteiger partial charge is 0.260 e. The zero-order valence-corrected chi connectivity index (χ0v) is 14.0. The lowest BCUT2D eigenvalue weighted by molar-refractivity contribution is -0.155. The summed E-state index contributed by atoms with van der Waals surface area (Å²) in [5, 5.41) is 0. The number of carbonyl (C=O) groups excluding carboxylic acids is 2. The van der Waals surface area contributed by atoms with Crippen molar-refractivity contribution in [1.82, 2.24) is 9.80 Å². The number of carbonyl (C=O) groups is 2. The van der Waals surface area contributed by atoms with E-state index in [9.17, 15) is 14.0 Å². The molecule has 0 unspecified atom stereocenters. The van der Waals surface area contributed by atoms with Crippen LogP contribution in [0.3, 0.4) is 0 Å². The number of rotatable bonds is 4. The van der Waals surface area contributed by atoms with E-state index in [1.807, 2.05) is 0 Å². The maximum atomic E-state index is 14.1. The van der Waals surface area contributed by atoms with E-state index in [2.05, 4.69) is 0 Å². The van der Waals surface area contributed by atoms with Gasteiger partial charge in [0, 0.05) is 32.9 Å². The van der Waals surface area contributed by atoms with E-state index in [1.165, 1.54) is 4.90 Å². The fraction of sp³-hybridized carbons (Fsp3) is 0.867. The monoisotopic (exact) mass is 330 g/mol. The molecule has 0 radical (unpaired) electrons. The number of likely N-dealkylation sites (tertiary alicyclic amines) is 1. The van der Waals surface area contributed by atoms with E-state index >= 15 is 0 Å². The molecular weight excluding hydrogens is 307 g/mol. The van der Waals surface area contributed by atoms with Gasteiger partial charge in [0.05, 0.1) is 10.9 Å². The van der Waals surface area contributed by atoms with Crippen molar-refractivity contribution < 1.29 is 18.7 Å². The third-order valence-corrected chi connectivity index (χ3v) is 6.47. The Kier molecular flexibility index (Phi) is 4.14. The topological polar surface area (TPSA) is 49.9 Å². The Morgan fingerprint density at radius 3 is 2.59 bits per heavy atom. The van der Waals surface area contributed by atoms with Crippen molar-refractivity contribution in [2.75, 3.05) is 39.5 Å². The Labute approximate surface area is 134 Å². The van der Waals surface area contributed by atoms with Gasteiger partial charge in [-0.2, -0.15) is 0 Å². The summed E-state index contributed by atoms with van der Waals surface area (Å²) in [6.07, 6.45) is 2.45. The van der Waals surface area contributed by atoms with Gasteiger partial charge in [0.2, 0.25) is 5.91 Å². The number of thioether (sulfide) groups is 1. The summed E-state index contributed by atoms with van der Waals surface area (Å²) in [6.45, 7) is 1.33. The van der Waals surface area contributed by atoms with Crippen LogP contribution in [-0.4, -0.2) is 77.7 Å². The second-order valence-corrected chi connectivity index (χ2v) is 8.39. The predicted octanol–water partition coefficient (Wildman–Crippen LogP) is 1.07. The lowest BCUT2D eigenvalue weighted by Crippen LogP contribution is -2.65. The van der Waals surface area contributed by atoms with Gasteiger partial charge in [0.25, 0.3) is 5.91 Å². The maximum Gasteiger partial charge on any atom is 0.260 e. The Morgan fingerprint density at radius 2 is 2.05 bits per heavy atom. The summed E-state index contributed by atoms with van der Waals surface area (Å²) in [4.78, 5) is 26.8. The Hall–Kier alpha value is -0.820. The summed E-state index contributed by atoms with van der Waals surface area (Å²) in [7, 11) is 3.42. The molecule has 1 spiro atoms. The summed E-state index contributed by atoms with van der Waals surface area (Å²) >= 11 is 1.79. The van der Waals surface area contributed by atoms with Gasteiger partial charge in [-0.15, -0.1) is 11.8 Å². The maximum absolute atomic E-state index is 14.1. The molecule has 5 nitrogen and oxygen atoms in total. The average Bonchev–Trinajstić information content (AvgIpc) is 2.84. The van der Waals surface area contributed by atoms with E-state index < -0.39 is 5.67 Å². The Balaban J connectivity index is 1.44. The number of alkyl halides is 1. The van der Waals surface area contributed by atoms with Crippen LogP contribution in [0.15, 0.2) is 0 Å². The molecule has 0 aromatic carbocycles. The van der Waals surface area contributed by atoms with Gasteiger partial charge >= 0.3 is 0 Å². The highest BCUT2D eigenvalue weighted by molar-refractivity contribution is 8.01. The van der Waals surface area contributed by atoms with Crippen molar-refractivity contribution in [3.8, 4) is 0 Å². The van der Waals surface area contributed by atoms with Gasteiger partial charge < -0.3 is 14.5 Å². The minimum Gasteiger partial charge on any atom is -0.367 e. The lowest BCUT2D eigenvalue weighted by Gasteiger charge is -2.50. The minimum absolute atomic E-state index is 0.0155. The van der Waals surface area contributed by atoms with Gasteiger partial charge in [0.1, 0.15) is 6.61 Å². The first-order valence-corrected chi connectivity index (χ1v) is 8.76. The van der Waals surface area contributed by atoms with Crippen LogP contribution in [0, 0.1) is 0 Å². The summed E-state index contributed by atoms with van der Waals surface area (Å²) in [5.74, 6) is 0.474. The molecule has 2 saturated heterocycles. The molecule has 2 aliphatic heterocycles. The van der Waals surface area contributed by atoms with Crippen LogP contribution in [0.25, 0.3) is 0 Å². The number of hydrogen-bond acceptors (Lipinski definition) is 4. The predicted molar refractivity (Wildman–Crippen MR) is 82.5 cm³/mol. The Bertz CT molecular complexity index is 475. The second kappa shape index (κ2) is 5.67. The molecule has 124 valence electrons. The number of hydrogen-bond donors (Lipinski definition) is 0. The molecule has 0 aromatic rings. The van der Waals surface area contributed by atoms with Gasteiger partial charge in [-0.3, -0.25) is 9.59 Å². The fourth-order valence-electron chi connectivity index (χ4n) is 3.23. The number of ether oxygens (including phenoxy) is 1. The van der Waals surface area contributed by atoms with E-state index in [-0.39, 0.29) is 29.3 Å². The third kappa shape index (κ3) is 2.85. The molecule has 2 amide bonds. The summed E-state index contributed by atoms with van der Waals surface area (Å²) < 4.78 is 19.8. The Morgan fingerprint density at radius 1 is 1.36 bits per heavy atom. The molecule has 22 heavy (non-hydrogen) atoms. The van der Waals surface area contributed by atoms with Crippen molar-refractivity contribution in [2.24, 2.45) is 0 Å².